The average Bonchev–Trinajstić information content (AvgIpc) is 2.71. The van der Waals surface area contributed by atoms with Gasteiger partial charge in [0.1, 0.15) is 0 Å². The molecule has 0 spiro atoms. The van der Waals surface area contributed by atoms with Crippen molar-refractivity contribution in [2.75, 3.05) is 18.0 Å². The Balaban J connectivity index is 2.19. The highest BCUT2D eigenvalue weighted by Crippen LogP contribution is 2.24. The second-order valence-electron chi connectivity index (χ2n) is 4.00. The molecule has 1 atom stereocenters. The van der Waals surface area contributed by atoms with Crippen LogP contribution in [0.1, 0.15) is 12.0 Å². The molecule has 3 nitrogen and oxygen atoms in total. The summed E-state index contributed by atoms with van der Waals surface area (Å²) in [5.74, 6) is 2.97. The van der Waals surface area contributed by atoms with E-state index in [4.69, 9.17) is 12.2 Å². The predicted octanol–water partition coefficient (Wildman–Crippen LogP) is 0.980. The van der Waals surface area contributed by atoms with Crippen LogP contribution in [0.15, 0.2) is 24.3 Å². The molecule has 2 rings (SSSR count). The van der Waals surface area contributed by atoms with Gasteiger partial charge in [-0.05, 0) is 36.7 Å². The van der Waals surface area contributed by atoms with Gasteiger partial charge >= 0.3 is 0 Å². The van der Waals surface area contributed by atoms with Crippen molar-refractivity contribution in [3.63, 3.8) is 0 Å². The van der Waals surface area contributed by atoms with Gasteiger partial charge in [0.2, 0.25) is 5.91 Å². The smallest absolute Gasteiger partial charge is 0.227 e. The Kier molecular flexibility index (Phi) is 2.93. The minimum absolute atomic E-state index is 0.143. The van der Waals surface area contributed by atoms with E-state index < -0.39 is 0 Å². The number of rotatable bonds is 2. The fourth-order valence-electron chi connectivity index (χ4n) is 1.93. The first kappa shape index (κ1) is 10.7. The van der Waals surface area contributed by atoms with Crippen LogP contribution in [-0.4, -0.2) is 19.0 Å². The third kappa shape index (κ3) is 1.93. The maximum atomic E-state index is 11.7. The fraction of sp³-hybridized carbons (Fsp3) is 0.308. The van der Waals surface area contributed by atoms with Gasteiger partial charge < -0.3 is 10.6 Å². The number of carbonyl (C=O) groups excluding carboxylic acids is 1. The lowest BCUT2D eigenvalue weighted by Gasteiger charge is -2.16. The molecule has 1 aliphatic heterocycles. The van der Waals surface area contributed by atoms with Crippen molar-refractivity contribution in [3.8, 4) is 12.3 Å². The van der Waals surface area contributed by atoms with E-state index in [1.165, 1.54) is 0 Å². The molecule has 1 fully saturated rings. The highest BCUT2D eigenvalue weighted by Gasteiger charge is 2.29. The molecule has 0 aliphatic carbocycles. The van der Waals surface area contributed by atoms with Gasteiger partial charge in [-0.3, -0.25) is 4.79 Å². The number of hydrogen-bond acceptors (Lipinski definition) is 2. The van der Waals surface area contributed by atoms with E-state index in [9.17, 15) is 4.79 Å². The van der Waals surface area contributed by atoms with Crippen molar-refractivity contribution in [2.45, 2.75) is 6.42 Å². The number of benzene rings is 1. The molecule has 1 heterocycles. The summed E-state index contributed by atoms with van der Waals surface area (Å²) in [4.78, 5) is 13.5. The first-order valence-corrected chi connectivity index (χ1v) is 5.31. The minimum Gasteiger partial charge on any atom is -0.330 e. The van der Waals surface area contributed by atoms with E-state index in [0.29, 0.717) is 19.5 Å². The highest BCUT2D eigenvalue weighted by molar-refractivity contribution is 5.95. The number of terminal acetylenes is 1. The molecule has 2 N–H and O–H groups in total. The summed E-state index contributed by atoms with van der Waals surface area (Å²) in [6.07, 6.45) is 5.83. The number of carbonyl (C=O) groups is 1. The molecule has 1 aromatic carbocycles. The minimum atomic E-state index is 0.143. The number of nitrogens with zero attached hydrogens (tertiary/aromatic N) is 1. The third-order valence-electron chi connectivity index (χ3n) is 2.88. The maximum absolute atomic E-state index is 11.7. The Hall–Kier alpha value is -1.79. The summed E-state index contributed by atoms with van der Waals surface area (Å²) >= 11 is 0. The number of hydrogen-bond donors (Lipinski definition) is 1. The Labute approximate surface area is 95.2 Å². The summed E-state index contributed by atoms with van der Waals surface area (Å²) in [6, 6.07) is 7.45. The normalized spacial score (nSPS) is 19.9. The van der Waals surface area contributed by atoms with Crippen molar-refractivity contribution in [2.24, 2.45) is 11.7 Å². The van der Waals surface area contributed by atoms with Crippen LogP contribution in [0.3, 0.4) is 0 Å². The van der Waals surface area contributed by atoms with Gasteiger partial charge in [0, 0.05) is 24.2 Å². The van der Waals surface area contributed by atoms with Crippen molar-refractivity contribution >= 4 is 11.6 Å². The summed E-state index contributed by atoms with van der Waals surface area (Å²) in [5, 5.41) is 0. The van der Waals surface area contributed by atoms with Gasteiger partial charge in [-0.2, -0.15) is 0 Å². The van der Waals surface area contributed by atoms with Crippen molar-refractivity contribution in [1.82, 2.24) is 0 Å². The molecule has 16 heavy (non-hydrogen) atoms. The van der Waals surface area contributed by atoms with Crippen LogP contribution in [0.4, 0.5) is 5.69 Å². The Morgan fingerprint density at radius 3 is 2.62 bits per heavy atom. The van der Waals surface area contributed by atoms with Crippen molar-refractivity contribution in [3.05, 3.63) is 29.8 Å². The largest absolute Gasteiger partial charge is 0.330 e. The molecule has 1 aromatic rings. The van der Waals surface area contributed by atoms with E-state index >= 15 is 0 Å². The van der Waals surface area contributed by atoms with E-state index in [2.05, 4.69) is 5.92 Å². The van der Waals surface area contributed by atoms with Gasteiger partial charge in [0.15, 0.2) is 0 Å². The summed E-state index contributed by atoms with van der Waals surface area (Å²) in [6.45, 7) is 1.27. The van der Waals surface area contributed by atoms with Crippen LogP contribution >= 0.6 is 0 Å². The van der Waals surface area contributed by atoms with Gasteiger partial charge in [-0.1, -0.05) is 5.92 Å². The maximum Gasteiger partial charge on any atom is 0.227 e. The van der Waals surface area contributed by atoms with Crippen LogP contribution in [0.2, 0.25) is 0 Å². The Bertz CT molecular complexity index is 430. The van der Waals surface area contributed by atoms with Crippen LogP contribution in [0.5, 0.6) is 0 Å². The molecule has 3 heteroatoms. The van der Waals surface area contributed by atoms with E-state index in [0.717, 1.165) is 11.3 Å². The van der Waals surface area contributed by atoms with Crippen molar-refractivity contribution < 1.29 is 4.79 Å². The van der Waals surface area contributed by atoms with Crippen LogP contribution in [-0.2, 0) is 4.79 Å². The number of amides is 1. The van der Waals surface area contributed by atoms with Crippen molar-refractivity contribution in [1.29, 1.82) is 0 Å². The van der Waals surface area contributed by atoms with E-state index in [1.54, 1.807) is 4.90 Å². The van der Waals surface area contributed by atoms with Crippen LogP contribution in [0, 0.1) is 18.3 Å². The van der Waals surface area contributed by atoms with Gasteiger partial charge in [0.25, 0.3) is 0 Å². The molecule has 0 aromatic heterocycles. The summed E-state index contributed by atoms with van der Waals surface area (Å²) in [7, 11) is 0. The number of anilines is 1. The molecule has 1 saturated heterocycles. The molecule has 1 aliphatic rings. The second-order valence-corrected chi connectivity index (χ2v) is 4.00. The lowest BCUT2D eigenvalue weighted by Crippen LogP contribution is -2.25. The molecule has 1 amide bonds. The molecule has 0 radical (unpaired) electrons. The average molecular weight is 214 g/mol. The SMILES string of the molecule is C#Cc1ccc(N2CC(CN)CC2=O)cc1. The van der Waals surface area contributed by atoms with Gasteiger partial charge in [0.05, 0.1) is 0 Å². The highest BCUT2D eigenvalue weighted by atomic mass is 16.2. The van der Waals surface area contributed by atoms with E-state index in [-0.39, 0.29) is 11.8 Å². The first-order chi connectivity index (χ1) is 7.74. The molecule has 0 saturated carbocycles. The predicted molar refractivity (Wildman–Crippen MR) is 63.9 cm³/mol. The zero-order chi connectivity index (χ0) is 11.5. The zero-order valence-corrected chi connectivity index (χ0v) is 9.02. The number of nitrogens with two attached hydrogens (primary N) is 1. The first-order valence-electron chi connectivity index (χ1n) is 5.31. The Morgan fingerprint density at radius 1 is 1.44 bits per heavy atom. The zero-order valence-electron chi connectivity index (χ0n) is 9.02. The molecule has 82 valence electrons. The summed E-state index contributed by atoms with van der Waals surface area (Å²) in [5.41, 5.74) is 7.30. The van der Waals surface area contributed by atoms with Crippen LogP contribution in [0.25, 0.3) is 0 Å². The van der Waals surface area contributed by atoms with Crippen LogP contribution < -0.4 is 10.6 Å². The Morgan fingerprint density at radius 2 is 2.12 bits per heavy atom. The van der Waals surface area contributed by atoms with Gasteiger partial charge in [-0.15, -0.1) is 6.42 Å². The molecule has 0 bridgehead atoms. The summed E-state index contributed by atoms with van der Waals surface area (Å²) < 4.78 is 0. The quantitative estimate of drug-likeness (QED) is 0.746. The third-order valence-corrected chi connectivity index (χ3v) is 2.88. The second kappa shape index (κ2) is 4.38. The topological polar surface area (TPSA) is 46.3 Å². The molecule has 1 unspecified atom stereocenters. The molecular formula is C13H14N2O. The molecular weight excluding hydrogens is 200 g/mol. The lowest BCUT2D eigenvalue weighted by atomic mass is 10.1. The fourth-order valence-corrected chi connectivity index (χ4v) is 1.93. The lowest BCUT2D eigenvalue weighted by molar-refractivity contribution is -0.117. The van der Waals surface area contributed by atoms with Gasteiger partial charge in [-0.25, -0.2) is 0 Å². The standard InChI is InChI=1S/C13H14N2O/c1-2-10-3-5-12(6-4-10)15-9-11(8-14)7-13(15)16/h1,3-6,11H,7-9,14H2. The van der Waals surface area contributed by atoms with E-state index in [1.807, 2.05) is 24.3 Å². The monoisotopic (exact) mass is 214 g/mol.